The summed E-state index contributed by atoms with van der Waals surface area (Å²) in [6.07, 6.45) is 0. The molecule has 1 heterocycles. The van der Waals surface area contributed by atoms with E-state index in [4.69, 9.17) is 4.74 Å². The molecular weight excluding hydrogens is 266 g/mol. The smallest absolute Gasteiger partial charge is 0.159 e. The zero-order chi connectivity index (χ0) is 15.2. The Bertz CT molecular complexity index is 551. The summed E-state index contributed by atoms with van der Waals surface area (Å²) < 4.78 is 5.65. The molecule has 0 bridgehead atoms. The van der Waals surface area contributed by atoms with Crippen molar-refractivity contribution in [1.29, 1.82) is 5.26 Å². The first-order valence-electron chi connectivity index (χ1n) is 7.26. The Balaban J connectivity index is 2.25. The number of benzene rings is 1. The maximum absolute atomic E-state index is 11.6. The molecule has 1 fully saturated rings. The van der Waals surface area contributed by atoms with Crippen molar-refractivity contribution >= 4 is 5.78 Å². The molecule has 0 radical (unpaired) electrons. The molecule has 0 aromatic heterocycles. The van der Waals surface area contributed by atoms with E-state index in [1.807, 2.05) is 19.1 Å². The van der Waals surface area contributed by atoms with E-state index in [2.05, 4.69) is 16.3 Å². The summed E-state index contributed by atoms with van der Waals surface area (Å²) >= 11 is 0. The standard InChI is InChI=1S/C16H21N3O2/c1-3-21-16-5-4-13(12(2)20)8-14(16)11-19-7-6-18-10-15(19)9-17/h4-5,8,15,18H,3,6-7,10-11H2,1-2H3. The average Bonchev–Trinajstić information content (AvgIpc) is 2.49. The van der Waals surface area contributed by atoms with Crippen LogP contribution in [0.25, 0.3) is 0 Å². The second-order valence-electron chi connectivity index (χ2n) is 5.13. The summed E-state index contributed by atoms with van der Waals surface area (Å²) in [5, 5.41) is 12.5. The fourth-order valence-corrected chi connectivity index (χ4v) is 2.50. The van der Waals surface area contributed by atoms with Crippen LogP contribution >= 0.6 is 0 Å². The minimum atomic E-state index is -0.144. The first-order chi connectivity index (χ1) is 10.2. The van der Waals surface area contributed by atoms with Crippen LogP contribution in [0.2, 0.25) is 0 Å². The average molecular weight is 287 g/mol. The third kappa shape index (κ3) is 3.81. The number of hydrogen-bond acceptors (Lipinski definition) is 5. The van der Waals surface area contributed by atoms with Crippen molar-refractivity contribution in [2.75, 3.05) is 26.2 Å². The van der Waals surface area contributed by atoms with Crippen molar-refractivity contribution < 1.29 is 9.53 Å². The van der Waals surface area contributed by atoms with E-state index in [0.717, 1.165) is 24.4 Å². The van der Waals surface area contributed by atoms with Gasteiger partial charge >= 0.3 is 0 Å². The topological polar surface area (TPSA) is 65.4 Å². The van der Waals surface area contributed by atoms with Crippen molar-refractivity contribution in [2.24, 2.45) is 0 Å². The molecule has 1 aliphatic rings. The molecule has 1 unspecified atom stereocenters. The third-order valence-corrected chi connectivity index (χ3v) is 3.64. The molecule has 1 atom stereocenters. The van der Waals surface area contributed by atoms with Gasteiger partial charge in [0.15, 0.2) is 5.78 Å². The van der Waals surface area contributed by atoms with Crippen LogP contribution < -0.4 is 10.1 Å². The number of nitriles is 1. The van der Waals surface area contributed by atoms with Gasteiger partial charge in [0.1, 0.15) is 11.8 Å². The molecule has 0 amide bonds. The van der Waals surface area contributed by atoms with Gasteiger partial charge in [-0.1, -0.05) is 0 Å². The van der Waals surface area contributed by atoms with Gasteiger partial charge in [-0.3, -0.25) is 9.69 Å². The summed E-state index contributed by atoms with van der Waals surface area (Å²) in [5.41, 5.74) is 1.64. The van der Waals surface area contributed by atoms with Crippen LogP contribution in [0.1, 0.15) is 29.8 Å². The van der Waals surface area contributed by atoms with Gasteiger partial charge in [0.05, 0.1) is 12.7 Å². The molecule has 5 heteroatoms. The predicted octanol–water partition coefficient (Wildman–Crippen LogP) is 1.59. The number of nitrogens with one attached hydrogen (secondary N) is 1. The Morgan fingerprint density at radius 2 is 2.38 bits per heavy atom. The molecule has 1 N–H and O–H groups in total. The Labute approximate surface area is 125 Å². The van der Waals surface area contributed by atoms with Gasteiger partial charge in [-0.2, -0.15) is 5.26 Å². The van der Waals surface area contributed by atoms with Crippen LogP contribution in [0.3, 0.4) is 0 Å². The lowest BCUT2D eigenvalue weighted by Crippen LogP contribution is -2.50. The Morgan fingerprint density at radius 1 is 1.57 bits per heavy atom. The summed E-state index contributed by atoms with van der Waals surface area (Å²) in [7, 11) is 0. The van der Waals surface area contributed by atoms with Gasteiger partial charge in [-0.25, -0.2) is 0 Å². The van der Waals surface area contributed by atoms with E-state index >= 15 is 0 Å². The van der Waals surface area contributed by atoms with Crippen molar-refractivity contribution in [3.63, 3.8) is 0 Å². The highest BCUT2D eigenvalue weighted by Gasteiger charge is 2.23. The normalized spacial score (nSPS) is 19.0. The molecule has 0 saturated carbocycles. The summed E-state index contributed by atoms with van der Waals surface area (Å²) in [5.74, 6) is 0.828. The first-order valence-corrected chi connectivity index (χ1v) is 7.26. The second kappa shape index (κ2) is 7.21. The van der Waals surface area contributed by atoms with E-state index in [1.165, 1.54) is 0 Å². The Morgan fingerprint density at radius 3 is 3.05 bits per heavy atom. The number of rotatable bonds is 5. The summed E-state index contributed by atoms with van der Waals surface area (Å²) in [6, 6.07) is 7.69. The summed E-state index contributed by atoms with van der Waals surface area (Å²) in [4.78, 5) is 13.7. The Kier molecular flexibility index (Phi) is 5.32. The number of ether oxygens (including phenoxy) is 1. The monoisotopic (exact) mass is 287 g/mol. The zero-order valence-corrected chi connectivity index (χ0v) is 12.6. The number of carbonyl (C=O) groups is 1. The van der Waals surface area contributed by atoms with Crippen LogP contribution in [0.15, 0.2) is 18.2 Å². The highest BCUT2D eigenvalue weighted by Crippen LogP contribution is 2.23. The van der Waals surface area contributed by atoms with Gasteiger partial charge in [-0.15, -0.1) is 0 Å². The van der Waals surface area contributed by atoms with E-state index in [9.17, 15) is 10.1 Å². The first kappa shape index (κ1) is 15.5. The van der Waals surface area contributed by atoms with Crippen LogP contribution in [0.4, 0.5) is 0 Å². The third-order valence-electron chi connectivity index (χ3n) is 3.64. The molecular formula is C16H21N3O2. The van der Waals surface area contributed by atoms with Crippen LogP contribution in [-0.4, -0.2) is 43.0 Å². The molecule has 1 aliphatic heterocycles. The van der Waals surface area contributed by atoms with E-state index < -0.39 is 0 Å². The molecule has 5 nitrogen and oxygen atoms in total. The molecule has 21 heavy (non-hydrogen) atoms. The maximum Gasteiger partial charge on any atom is 0.159 e. The number of piperazine rings is 1. The molecule has 1 saturated heterocycles. The van der Waals surface area contributed by atoms with Crippen LogP contribution in [0.5, 0.6) is 5.75 Å². The quantitative estimate of drug-likeness (QED) is 0.833. The fourth-order valence-electron chi connectivity index (χ4n) is 2.50. The summed E-state index contributed by atoms with van der Waals surface area (Å²) in [6.45, 7) is 7.05. The number of Topliss-reactive ketones (excluding diaryl/α,β-unsaturated/α-hetero) is 1. The number of ketones is 1. The number of nitrogens with zero attached hydrogens (tertiary/aromatic N) is 2. The van der Waals surface area contributed by atoms with Crippen molar-refractivity contribution in [1.82, 2.24) is 10.2 Å². The molecule has 0 spiro atoms. The van der Waals surface area contributed by atoms with E-state index in [1.54, 1.807) is 13.0 Å². The van der Waals surface area contributed by atoms with Crippen LogP contribution in [0, 0.1) is 11.3 Å². The fraction of sp³-hybridized carbons (Fsp3) is 0.500. The largest absolute Gasteiger partial charge is 0.494 e. The van der Waals surface area contributed by atoms with Crippen molar-refractivity contribution in [3.8, 4) is 11.8 Å². The Hall–Kier alpha value is -1.90. The lowest BCUT2D eigenvalue weighted by molar-refractivity contribution is 0.101. The highest BCUT2D eigenvalue weighted by atomic mass is 16.5. The van der Waals surface area contributed by atoms with Crippen molar-refractivity contribution in [3.05, 3.63) is 29.3 Å². The van der Waals surface area contributed by atoms with Gasteiger partial charge in [0.2, 0.25) is 0 Å². The molecule has 2 rings (SSSR count). The number of hydrogen-bond donors (Lipinski definition) is 1. The SMILES string of the molecule is CCOc1ccc(C(C)=O)cc1CN1CCNCC1C#N. The van der Waals surface area contributed by atoms with Crippen molar-refractivity contribution in [2.45, 2.75) is 26.4 Å². The van der Waals surface area contributed by atoms with Gasteiger partial charge in [-0.05, 0) is 32.0 Å². The lowest BCUT2D eigenvalue weighted by atomic mass is 10.1. The second-order valence-corrected chi connectivity index (χ2v) is 5.13. The molecule has 1 aromatic carbocycles. The number of carbonyl (C=O) groups excluding carboxylic acids is 1. The van der Waals surface area contributed by atoms with Gasteiger partial charge in [0.25, 0.3) is 0 Å². The van der Waals surface area contributed by atoms with Crippen LogP contribution in [-0.2, 0) is 6.54 Å². The van der Waals surface area contributed by atoms with E-state index in [0.29, 0.717) is 25.3 Å². The minimum Gasteiger partial charge on any atom is -0.494 e. The zero-order valence-electron chi connectivity index (χ0n) is 12.6. The highest BCUT2D eigenvalue weighted by molar-refractivity contribution is 5.94. The van der Waals surface area contributed by atoms with Gasteiger partial charge < -0.3 is 10.1 Å². The van der Waals surface area contributed by atoms with Gasteiger partial charge in [0, 0.05) is 37.3 Å². The predicted molar refractivity (Wildman–Crippen MR) is 80.3 cm³/mol. The lowest BCUT2D eigenvalue weighted by Gasteiger charge is -2.32. The molecule has 112 valence electrons. The molecule has 0 aliphatic carbocycles. The van der Waals surface area contributed by atoms with E-state index in [-0.39, 0.29) is 11.8 Å². The minimum absolute atomic E-state index is 0.0384. The molecule has 1 aromatic rings. The maximum atomic E-state index is 11.6.